The van der Waals surface area contributed by atoms with Crippen LogP contribution in [-0.4, -0.2) is 10.8 Å². The number of rotatable bonds is 1. The Balaban J connectivity index is 1.81. The SMILES string of the molecule is O=C(c1cccc[n+]1[O-])N1Cc2ccccc2-c2ccccc2C1. The van der Waals surface area contributed by atoms with Crippen LogP contribution < -0.4 is 4.73 Å². The van der Waals surface area contributed by atoms with E-state index in [1.54, 1.807) is 23.1 Å². The standard InChI is InChI=1S/C20H16N2O2/c23-20(19-11-5-6-12-22(19)24)21-13-15-7-1-3-9-17(15)18-10-4-2-8-16(18)14-21/h1-12H,13-14H2. The lowest BCUT2D eigenvalue weighted by Gasteiger charge is -2.20. The van der Waals surface area contributed by atoms with Gasteiger partial charge in [0, 0.05) is 25.2 Å². The molecule has 2 heterocycles. The lowest BCUT2D eigenvalue weighted by Crippen LogP contribution is -2.40. The number of hydrogen-bond donors (Lipinski definition) is 0. The third kappa shape index (κ3) is 2.42. The molecule has 1 aromatic heterocycles. The number of hydrogen-bond acceptors (Lipinski definition) is 2. The predicted molar refractivity (Wildman–Crippen MR) is 90.9 cm³/mol. The molecular formula is C20H16N2O2. The summed E-state index contributed by atoms with van der Waals surface area (Å²) in [6, 6.07) is 21.1. The number of carbonyl (C=O) groups is 1. The molecule has 2 aromatic carbocycles. The zero-order valence-electron chi connectivity index (χ0n) is 13.1. The summed E-state index contributed by atoms with van der Waals surface area (Å²) < 4.78 is 0.630. The minimum atomic E-state index is -0.253. The van der Waals surface area contributed by atoms with Crippen molar-refractivity contribution in [2.75, 3.05) is 0 Å². The number of amides is 1. The summed E-state index contributed by atoms with van der Waals surface area (Å²) in [5.74, 6) is -0.253. The van der Waals surface area contributed by atoms with E-state index in [-0.39, 0.29) is 11.6 Å². The van der Waals surface area contributed by atoms with Crippen LogP contribution in [0, 0.1) is 5.21 Å². The molecule has 0 aliphatic carbocycles. The molecule has 0 atom stereocenters. The molecule has 4 heteroatoms. The number of fused-ring (bicyclic) bond motifs is 3. The van der Waals surface area contributed by atoms with E-state index in [2.05, 4.69) is 12.1 Å². The molecule has 0 radical (unpaired) electrons. The Morgan fingerprint density at radius 3 is 1.96 bits per heavy atom. The van der Waals surface area contributed by atoms with Crippen molar-refractivity contribution in [1.82, 2.24) is 4.90 Å². The van der Waals surface area contributed by atoms with Crippen molar-refractivity contribution >= 4 is 5.91 Å². The number of aromatic nitrogens is 1. The maximum atomic E-state index is 12.9. The van der Waals surface area contributed by atoms with Gasteiger partial charge in [-0.3, -0.25) is 4.79 Å². The van der Waals surface area contributed by atoms with E-state index in [9.17, 15) is 10.0 Å². The zero-order valence-corrected chi connectivity index (χ0v) is 13.1. The number of benzene rings is 2. The molecule has 0 spiro atoms. The fraction of sp³-hybridized carbons (Fsp3) is 0.100. The smallest absolute Gasteiger partial charge is 0.320 e. The quantitative estimate of drug-likeness (QED) is 0.511. The maximum Gasteiger partial charge on any atom is 0.320 e. The summed E-state index contributed by atoms with van der Waals surface area (Å²) in [6.45, 7) is 0.969. The van der Waals surface area contributed by atoms with Gasteiger partial charge in [0.15, 0.2) is 6.20 Å². The number of nitrogens with zero attached hydrogens (tertiary/aromatic N) is 2. The number of pyridine rings is 1. The molecule has 0 bridgehead atoms. The average Bonchev–Trinajstić information content (AvgIpc) is 2.78. The second-order valence-electron chi connectivity index (χ2n) is 5.89. The predicted octanol–water partition coefficient (Wildman–Crippen LogP) is 3.14. The Morgan fingerprint density at radius 1 is 0.833 bits per heavy atom. The first-order chi connectivity index (χ1) is 11.7. The minimum Gasteiger partial charge on any atom is -0.618 e. The molecule has 1 amide bonds. The zero-order chi connectivity index (χ0) is 16.5. The fourth-order valence-corrected chi connectivity index (χ4v) is 3.21. The molecule has 1 aliphatic heterocycles. The lowest BCUT2D eigenvalue weighted by atomic mass is 9.97. The van der Waals surface area contributed by atoms with E-state index >= 15 is 0 Å². The summed E-state index contributed by atoms with van der Waals surface area (Å²) in [6.07, 6.45) is 1.35. The molecule has 3 aromatic rings. The van der Waals surface area contributed by atoms with E-state index in [1.807, 2.05) is 36.4 Å². The van der Waals surface area contributed by atoms with Crippen molar-refractivity contribution in [3.63, 3.8) is 0 Å². The van der Waals surface area contributed by atoms with Gasteiger partial charge < -0.3 is 10.1 Å². The van der Waals surface area contributed by atoms with Gasteiger partial charge in [0.1, 0.15) is 0 Å². The highest BCUT2D eigenvalue weighted by Crippen LogP contribution is 2.32. The van der Waals surface area contributed by atoms with Gasteiger partial charge in [-0.25, -0.2) is 0 Å². The summed E-state index contributed by atoms with van der Waals surface area (Å²) in [4.78, 5) is 14.6. The highest BCUT2D eigenvalue weighted by Gasteiger charge is 2.27. The normalized spacial score (nSPS) is 12.9. The third-order valence-electron chi connectivity index (χ3n) is 4.38. The molecule has 1 aliphatic rings. The van der Waals surface area contributed by atoms with Gasteiger partial charge in [-0.15, -0.1) is 0 Å². The first-order valence-corrected chi connectivity index (χ1v) is 7.88. The molecule has 4 rings (SSSR count). The Hall–Kier alpha value is -3.14. The van der Waals surface area contributed by atoms with E-state index in [0.717, 1.165) is 22.3 Å². The molecule has 0 fully saturated rings. The van der Waals surface area contributed by atoms with Gasteiger partial charge in [0.2, 0.25) is 0 Å². The maximum absolute atomic E-state index is 12.9. The topological polar surface area (TPSA) is 47.2 Å². The molecule has 4 nitrogen and oxygen atoms in total. The Kier molecular flexibility index (Phi) is 3.50. The van der Waals surface area contributed by atoms with Crippen molar-refractivity contribution in [3.8, 4) is 11.1 Å². The van der Waals surface area contributed by atoms with Crippen LogP contribution in [0.4, 0.5) is 0 Å². The van der Waals surface area contributed by atoms with Crippen LogP contribution in [0.25, 0.3) is 11.1 Å². The molecule has 0 unspecified atom stereocenters. The second kappa shape index (κ2) is 5.81. The van der Waals surface area contributed by atoms with Crippen LogP contribution in [0.15, 0.2) is 72.9 Å². The Labute approximate surface area is 140 Å². The summed E-state index contributed by atoms with van der Waals surface area (Å²) in [5, 5.41) is 11.9. The van der Waals surface area contributed by atoms with Crippen LogP contribution in [0.1, 0.15) is 21.6 Å². The van der Waals surface area contributed by atoms with Gasteiger partial charge in [-0.1, -0.05) is 48.5 Å². The lowest BCUT2D eigenvalue weighted by molar-refractivity contribution is -0.608. The highest BCUT2D eigenvalue weighted by atomic mass is 16.5. The van der Waals surface area contributed by atoms with Gasteiger partial charge in [-0.05, 0) is 28.3 Å². The molecular weight excluding hydrogens is 300 g/mol. The van der Waals surface area contributed by atoms with Crippen LogP contribution in [0.5, 0.6) is 0 Å². The van der Waals surface area contributed by atoms with E-state index in [0.29, 0.717) is 17.8 Å². The van der Waals surface area contributed by atoms with Crippen LogP contribution >= 0.6 is 0 Å². The molecule has 0 N–H and O–H groups in total. The molecule has 0 saturated heterocycles. The van der Waals surface area contributed by atoms with Crippen molar-refractivity contribution in [2.45, 2.75) is 13.1 Å². The minimum absolute atomic E-state index is 0.148. The van der Waals surface area contributed by atoms with E-state index < -0.39 is 0 Å². The van der Waals surface area contributed by atoms with E-state index in [1.165, 1.54) is 6.20 Å². The Morgan fingerprint density at radius 2 is 1.38 bits per heavy atom. The number of carbonyl (C=O) groups excluding carboxylic acids is 1. The monoisotopic (exact) mass is 316 g/mol. The van der Waals surface area contributed by atoms with Gasteiger partial charge in [-0.2, -0.15) is 4.73 Å². The van der Waals surface area contributed by atoms with Crippen molar-refractivity contribution in [1.29, 1.82) is 0 Å². The first-order valence-electron chi connectivity index (χ1n) is 7.88. The fourth-order valence-electron chi connectivity index (χ4n) is 3.21. The summed E-state index contributed by atoms with van der Waals surface area (Å²) in [5.41, 5.74) is 4.61. The summed E-state index contributed by atoms with van der Waals surface area (Å²) in [7, 11) is 0. The molecule has 118 valence electrons. The van der Waals surface area contributed by atoms with Crippen LogP contribution in [-0.2, 0) is 13.1 Å². The van der Waals surface area contributed by atoms with Gasteiger partial charge in [0.05, 0.1) is 0 Å². The van der Waals surface area contributed by atoms with Crippen molar-refractivity contribution < 1.29 is 9.52 Å². The third-order valence-corrected chi connectivity index (χ3v) is 4.38. The first kappa shape index (κ1) is 14.5. The average molecular weight is 316 g/mol. The van der Waals surface area contributed by atoms with Crippen molar-refractivity contribution in [2.24, 2.45) is 0 Å². The van der Waals surface area contributed by atoms with Crippen LogP contribution in [0.3, 0.4) is 0 Å². The van der Waals surface area contributed by atoms with Crippen LogP contribution in [0.2, 0.25) is 0 Å². The molecule has 0 saturated carbocycles. The second-order valence-corrected chi connectivity index (χ2v) is 5.89. The van der Waals surface area contributed by atoms with Crippen molar-refractivity contribution in [3.05, 3.63) is 95.0 Å². The largest absolute Gasteiger partial charge is 0.618 e. The molecule has 24 heavy (non-hydrogen) atoms. The highest BCUT2D eigenvalue weighted by molar-refractivity contribution is 5.91. The Bertz CT molecular complexity index is 873. The van der Waals surface area contributed by atoms with Gasteiger partial charge >= 0.3 is 5.91 Å². The van der Waals surface area contributed by atoms with E-state index in [4.69, 9.17) is 0 Å². The summed E-state index contributed by atoms with van der Waals surface area (Å²) >= 11 is 0. The van der Waals surface area contributed by atoms with Gasteiger partial charge in [0.25, 0.3) is 5.69 Å².